The number of fused-ring (bicyclic) bond motifs is 2. The van der Waals surface area contributed by atoms with E-state index < -0.39 is 48.1 Å². The number of carbonyl (C=O) groups excluding carboxylic acids is 4. The Kier molecular flexibility index (Phi) is 7.92. The van der Waals surface area contributed by atoms with Crippen molar-refractivity contribution in [2.75, 3.05) is 26.3 Å². The highest BCUT2D eigenvalue weighted by molar-refractivity contribution is 6.04. The molecule has 194 valence electrons. The van der Waals surface area contributed by atoms with E-state index >= 15 is 0 Å². The molecule has 0 saturated carbocycles. The average molecular weight is 518 g/mol. The number of amides is 2. The number of para-hydroxylation sites is 2. The minimum atomic E-state index is -0.828. The fraction of sp³-hybridized carbons (Fsp3) is 0.154. The van der Waals surface area contributed by atoms with Crippen molar-refractivity contribution in [3.8, 4) is 0 Å². The summed E-state index contributed by atoms with van der Waals surface area (Å²) in [6, 6.07) is 15.6. The van der Waals surface area contributed by atoms with Crippen molar-refractivity contribution in [2.24, 2.45) is 0 Å². The first kappa shape index (κ1) is 25.8. The topological polar surface area (TPSA) is 177 Å². The standard InChI is InChI=1S/C26H22N4O8/c31-21-11-17(15-5-1-3-7-19(15)29-21)25(35)37-13-23(33)27-9-10-28-24(34)14-38-26(36)18-12-22(32)30-20-8-4-2-6-16(18)20/h1-8,11-12H,9-10,13-14H2,(H,27,33)(H,28,34)(H,29,31)(H,30,32). The molecule has 2 aromatic heterocycles. The van der Waals surface area contributed by atoms with Crippen LogP contribution in [0.1, 0.15) is 20.7 Å². The second-order valence-corrected chi connectivity index (χ2v) is 8.04. The Hall–Kier alpha value is -5.26. The van der Waals surface area contributed by atoms with E-state index in [1.54, 1.807) is 48.5 Å². The summed E-state index contributed by atoms with van der Waals surface area (Å²) in [5, 5.41) is 5.89. The molecule has 12 heteroatoms. The lowest BCUT2D eigenvalue weighted by atomic mass is 10.1. The molecule has 12 nitrogen and oxygen atoms in total. The van der Waals surface area contributed by atoms with Gasteiger partial charge in [0.05, 0.1) is 11.1 Å². The minimum absolute atomic E-state index is 0.0166. The third kappa shape index (κ3) is 6.29. The predicted molar refractivity (Wildman–Crippen MR) is 136 cm³/mol. The number of carbonyl (C=O) groups is 4. The summed E-state index contributed by atoms with van der Waals surface area (Å²) in [5.74, 6) is -2.89. The van der Waals surface area contributed by atoms with Crippen molar-refractivity contribution < 1.29 is 28.7 Å². The van der Waals surface area contributed by atoms with Crippen LogP contribution >= 0.6 is 0 Å². The molecule has 4 aromatic rings. The Morgan fingerprint density at radius 1 is 0.632 bits per heavy atom. The van der Waals surface area contributed by atoms with Crippen LogP contribution in [0.5, 0.6) is 0 Å². The zero-order valence-corrected chi connectivity index (χ0v) is 19.9. The molecule has 0 fully saturated rings. The second kappa shape index (κ2) is 11.6. The average Bonchev–Trinajstić information content (AvgIpc) is 2.91. The fourth-order valence-electron chi connectivity index (χ4n) is 3.67. The lowest BCUT2D eigenvalue weighted by Gasteiger charge is -2.10. The SMILES string of the molecule is O=C(COC(=O)c1cc(=O)[nH]c2ccccc12)NCCNC(=O)COC(=O)c1cc(=O)[nH]c2ccccc12. The van der Waals surface area contributed by atoms with Crippen molar-refractivity contribution in [3.05, 3.63) is 92.5 Å². The van der Waals surface area contributed by atoms with Crippen LogP contribution in [0.4, 0.5) is 0 Å². The number of H-pyrrole nitrogens is 2. The maximum atomic E-state index is 12.4. The molecular weight excluding hydrogens is 496 g/mol. The van der Waals surface area contributed by atoms with Crippen LogP contribution in [-0.2, 0) is 19.1 Å². The van der Waals surface area contributed by atoms with Crippen LogP contribution in [0.3, 0.4) is 0 Å². The van der Waals surface area contributed by atoms with E-state index in [9.17, 15) is 28.8 Å². The molecule has 0 atom stereocenters. The molecule has 0 unspecified atom stereocenters. The van der Waals surface area contributed by atoms with E-state index in [1.807, 2.05) is 0 Å². The molecule has 2 aromatic carbocycles. The van der Waals surface area contributed by atoms with E-state index in [-0.39, 0.29) is 24.2 Å². The van der Waals surface area contributed by atoms with Gasteiger partial charge in [0.15, 0.2) is 13.2 Å². The Labute approximate surface area is 214 Å². The van der Waals surface area contributed by atoms with Gasteiger partial charge in [0, 0.05) is 47.0 Å². The third-order valence-corrected chi connectivity index (χ3v) is 5.38. The summed E-state index contributed by atoms with van der Waals surface area (Å²) in [4.78, 5) is 77.5. The quantitative estimate of drug-likeness (QED) is 0.184. The van der Waals surface area contributed by atoms with Gasteiger partial charge in [0.25, 0.3) is 11.8 Å². The number of ether oxygens (including phenoxy) is 2. The van der Waals surface area contributed by atoms with Gasteiger partial charge in [-0.2, -0.15) is 0 Å². The van der Waals surface area contributed by atoms with Crippen LogP contribution in [0.15, 0.2) is 70.3 Å². The van der Waals surface area contributed by atoms with Gasteiger partial charge in [-0.1, -0.05) is 36.4 Å². The number of rotatable bonds is 9. The minimum Gasteiger partial charge on any atom is -0.452 e. The van der Waals surface area contributed by atoms with E-state index in [0.29, 0.717) is 21.8 Å². The molecule has 4 rings (SSSR count). The van der Waals surface area contributed by atoms with Crippen molar-refractivity contribution in [2.45, 2.75) is 0 Å². The number of aromatic amines is 2. The molecule has 4 N–H and O–H groups in total. The van der Waals surface area contributed by atoms with Crippen LogP contribution in [0.2, 0.25) is 0 Å². The number of aromatic nitrogens is 2. The zero-order valence-electron chi connectivity index (χ0n) is 19.9. The zero-order chi connectivity index (χ0) is 27.1. The number of benzene rings is 2. The van der Waals surface area contributed by atoms with E-state index in [4.69, 9.17) is 9.47 Å². The van der Waals surface area contributed by atoms with E-state index in [0.717, 1.165) is 12.1 Å². The highest BCUT2D eigenvalue weighted by atomic mass is 16.5. The smallest absolute Gasteiger partial charge is 0.339 e. The van der Waals surface area contributed by atoms with Gasteiger partial charge in [-0.25, -0.2) is 9.59 Å². The van der Waals surface area contributed by atoms with E-state index in [2.05, 4.69) is 20.6 Å². The number of hydrogen-bond donors (Lipinski definition) is 4. The Bertz CT molecular complexity index is 1530. The molecule has 0 saturated heterocycles. The largest absolute Gasteiger partial charge is 0.452 e. The summed E-state index contributed by atoms with van der Waals surface area (Å²) in [6.07, 6.45) is 0. The van der Waals surface area contributed by atoms with Gasteiger partial charge in [0.1, 0.15) is 0 Å². The van der Waals surface area contributed by atoms with Gasteiger partial charge in [0.2, 0.25) is 11.1 Å². The highest BCUT2D eigenvalue weighted by Gasteiger charge is 2.16. The molecule has 0 bridgehead atoms. The predicted octanol–water partition coefficient (Wildman–Crippen LogP) is 0.616. The normalized spacial score (nSPS) is 10.6. The highest BCUT2D eigenvalue weighted by Crippen LogP contribution is 2.16. The van der Waals surface area contributed by atoms with Gasteiger partial charge in [-0.05, 0) is 12.1 Å². The molecule has 0 spiro atoms. The maximum absolute atomic E-state index is 12.4. The number of esters is 2. The fourth-order valence-corrected chi connectivity index (χ4v) is 3.67. The van der Waals surface area contributed by atoms with Crippen LogP contribution in [0, 0.1) is 0 Å². The van der Waals surface area contributed by atoms with Gasteiger partial charge in [-0.15, -0.1) is 0 Å². The van der Waals surface area contributed by atoms with Crippen molar-refractivity contribution in [3.63, 3.8) is 0 Å². The molecule has 2 heterocycles. The Morgan fingerprint density at radius 2 is 1.03 bits per heavy atom. The number of nitrogens with one attached hydrogen (secondary N) is 4. The summed E-state index contributed by atoms with van der Waals surface area (Å²) in [5.41, 5.74) is 0.0333. The van der Waals surface area contributed by atoms with Crippen molar-refractivity contribution in [1.82, 2.24) is 20.6 Å². The number of hydrogen-bond acceptors (Lipinski definition) is 8. The molecule has 0 aliphatic rings. The number of pyridine rings is 2. The molecule has 0 aliphatic carbocycles. The van der Waals surface area contributed by atoms with Crippen LogP contribution < -0.4 is 21.8 Å². The molecule has 38 heavy (non-hydrogen) atoms. The Balaban J connectivity index is 1.18. The first-order chi connectivity index (χ1) is 18.3. The third-order valence-electron chi connectivity index (χ3n) is 5.38. The van der Waals surface area contributed by atoms with Gasteiger partial charge in [-0.3, -0.25) is 19.2 Å². The lowest BCUT2D eigenvalue weighted by molar-refractivity contribution is -0.125. The summed E-state index contributed by atoms with van der Waals surface area (Å²) in [7, 11) is 0. The molecule has 0 aliphatic heterocycles. The van der Waals surface area contributed by atoms with Gasteiger partial charge < -0.3 is 30.1 Å². The maximum Gasteiger partial charge on any atom is 0.339 e. The van der Waals surface area contributed by atoms with Crippen molar-refractivity contribution in [1.29, 1.82) is 0 Å². The monoisotopic (exact) mass is 518 g/mol. The molecule has 2 amide bonds. The summed E-state index contributed by atoms with van der Waals surface area (Å²) in [6.45, 7) is -1.14. The second-order valence-electron chi connectivity index (χ2n) is 8.04. The Morgan fingerprint density at radius 3 is 1.45 bits per heavy atom. The van der Waals surface area contributed by atoms with Crippen molar-refractivity contribution >= 4 is 45.6 Å². The summed E-state index contributed by atoms with van der Waals surface area (Å²) >= 11 is 0. The van der Waals surface area contributed by atoms with E-state index in [1.165, 1.54) is 0 Å². The summed E-state index contributed by atoms with van der Waals surface area (Å²) < 4.78 is 10.0. The van der Waals surface area contributed by atoms with Crippen LogP contribution in [-0.4, -0.2) is 60.0 Å². The van der Waals surface area contributed by atoms with Crippen LogP contribution in [0.25, 0.3) is 21.8 Å². The van der Waals surface area contributed by atoms with Gasteiger partial charge >= 0.3 is 11.9 Å². The first-order valence-electron chi connectivity index (χ1n) is 11.4. The lowest BCUT2D eigenvalue weighted by Crippen LogP contribution is -2.38. The molecular formula is C26H22N4O8. The first-order valence-corrected chi connectivity index (χ1v) is 11.4. The molecule has 0 radical (unpaired) electrons.